The summed E-state index contributed by atoms with van der Waals surface area (Å²) in [6, 6.07) is 6.68. The van der Waals surface area contributed by atoms with Gasteiger partial charge in [-0.1, -0.05) is 18.2 Å². The fourth-order valence-corrected chi connectivity index (χ4v) is 3.87. The zero-order chi connectivity index (χ0) is 13.9. The summed E-state index contributed by atoms with van der Waals surface area (Å²) < 4.78 is 23.9. The molecular weight excluding hydrogens is 264 g/mol. The Morgan fingerprint density at radius 3 is 2.84 bits per heavy atom. The normalized spacial score (nSPS) is 20.6. The van der Waals surface area contributed by atoms with Crippen LogP contribution in [0.25, 0.3) is 0 Å². The van der Waals surface area contributed by atoms with Crippen LogP contribution >= 0.6 is 0 Å². The van der Waals surface area contributed by atoms with E-state index in [0.29, 0.717) is 29.8 Å². The fourth-order valence-electron chi connectivity index (χ4n) is 2.25. The molecule has 0 aromatic heterocycles. The van der Waals surface area contributed by atoms with Crippen LogP contribution in [0, 0.1) is 0 Å². The number of fused-ring (bicyclic) bond motifs is 1. The van der Waals surface area contributed by atoms with Gasteiger partial charge in [-0.2, -0.15) is 0 Å². The van der Waals surface area contributed by atoms with Crippen LogP contribution in [0.3, 0.4) is 0 Å². The number of nitrogens with one attached hydrogen (secondary N) is 2. The summed E-state index contributed by atoms with van der Waals surface area (Å²) in [6.07, 6.45) is 0.826. The molecule has 0 spiro atoms. The highest BCUT2D eigenvalue weighted by atomic mass is 32.2. The fraction of sp³-hybridized carbons (Fsp3) is 0.462. The summed E-state index contributed by atoms with van der Waals surface area (Å²) in [5.74, 6) is 0.0227. The van der Waals surface area contributed by atoms with Crippen molar-refractivity contribution in [2.24, 2.45) is 0 Å². The average Bonchev–Trinajstić information content (AvgIpc) is 2.40. The summed E-state index contributed by atoms with van der Waals surface area (Å²) >= 11 is 0. The molecule has 1 aliphatic heterocycles. The molecule has 1 aliphatic rings. The van der Waals surface area contributed by atoms with Gasteiger partial charge in [0.2, 0.25) is 5.91 Å². The van der Waals surface area contributed by atoms with Crippen LogP contribution in [-0.2, 0) is 14.6 Å². The minimum absolute atomic E-state index is 0.0616. The van der Waals surface area contributed by atoms with E-state index in [9.17, 15) is 13.2 Å². The van der Waals surface area contributed by atoms with Crippen LogP contribution in [0.1, 0.15) is 24.4 Å². The van der Waals surface area contributed by atoms with E-state index in [-0.39, 0.29) is 17.7 Å². The van der Waals surface area contributed by atoms with E-state index in [1.165, 1.54) is 0 Å². The highest BCUT2D eigenvalue weighted by molar-refractivity contribution is 7.91. The molecule has 5 nitrogen and oxygen atoms in total. The summed E-state index contributed by atoms with van der Waals surface area (Å²) in [7, 11) is -1.40. The monoisotopic (exact) mass is 282 g/mol. The van der Waals surface area contributed by atoms with Gasteiger partial charge in [0.05, 0.1) is 16.7 Å². The first-order valence-corrected chi connectivity index (χ1v) is 7.95. The Kier molecular flexibility index (Phi) is 4.21. The van der Waals surface area contributed by atoms with Gasteiger partial charge >= 0.3 is 0 Å². The van der Waals surface area contributed by atoms with Crippen molar-refractivity contribution in [2.75, 3.05) is 19.3 Å². The summed E-state index contributed by atoms with van der Waals surface area (Å²) in [4.78, 5) is 12.1. The second-order valence-electron chi connectivity index (χ2n) is 4.62. The number of hydrogen-bond acceptors (Lipinski definition) is 4. The molecule has 0 fully saturated rings. The van der Waals surface area contributed by atoms with Crippen LogP contribution in [0.4, 0.5) is 0 Å². The molecule has 6 heteroatoms. The Morgan fingerprint density at radius 2 is 2.11 bits per heavy atom. The maximum atomic E-state index is 12.0. The Bertz CT molecular complexity index is 569. The Hall–Kier alpha value is -1.40. The molecule has 2 rings (SSSR count). The van der Waals surface area contributed by atoms with E-state index in [1.54, 1.807) is 31.3 Å². The molecule has 19 heavy (non-hydrogen) atoms. The van der Waals surface area contributed by atoms with E-state index in [0.717, 1.165) is 0 Å². The van der Waals surface area contributed by atoms with Crippen molar-refractivity contribution in [3.8, 4) is 0 Å². The highest BCUT2D eigenvalue weighted by Gasteiger charge is 2.30. The van der Waals surface area contributed by atoms with E-state index in [2.05, 4.69) is 10.6 Å². The van der Waals surface area contributed by atoms with Gasteiger partial charge in [0, 0.05) is 13.0 Å². The minimum Gasteiger partial charge on any atom is -0.349 e. The van der Waals surface area contributed by atoms with Crippen molar-refractivity contribution in [2.45, 2.75) is 23.8 Å². The van der Waals surface area contributed by atoms with Crippen LogP contribution in [0.15, 0.2) is 29.2 Å². The van der Waals surface area contributed by atoms with Gasteiger partial charge in [-0.3, -0.25) is 4.79 Å². The van der Waals surface area contributed by atoms with Gasteiger partial charge in [-0.05, 0) is 25.1 Å². The van der Waals surface area contributed by atoms with Gasteiger partial charge in [0.25, 0.3) is 0 Å². The molecule has 0 aliphatic carbocycles. The van der Waals surface area contributed by atoms with Crippen molar-refractivity contribution in [3.05, 3.63) is 29.8 Å². The van der Waals surface area contributed by atoms with Crippen molar-refractivity contribution in [1.82, 2.24) is 10.6 Å². The number of hydrogen-bond donors (Lipinski definition) is 2. The number of rotatable bonds is 4. The van der Waals surface area contributed by atoms with E-state index in [1.807, 2.05) is 0 Å². The van der Waals surface area contributed by atoms with Crippen LogP contribution in [-0.4, -0.2) is 33.7 Å². The lowest BCUT2D eigenvalue weighted by molar-refractivity contribution is -0.121. The lowest BCUT2D eigenvalue weighted by atomic mass is 10.0. The first-order chi connectivity index (χ1) is 9.04. The molecule has 104 valence electrons. The zero-order valence-corrected chi connectivity index (χ0v) is 11.7. The molecule has 0 saturated heterocycles. The van der Waals surface area contributed by atoms with Crippen molar-refractivity contribution in [1.29, 1.82) is 0 Å². The van der Waals surface area contributed by atoms with E-state index in [4.69, 9.17) is 0 Å². The molecule has 1 amide bonds. The Labute approximate surface area is 113 Å². The smallest absolute Gasteiger partial charge is 0.221 e. The maximum Gasteiger partial charge on any atom is 0.221 e. The van der Waals surface area contributed by atoms with Gasteiger partial charge in [0.1, 0.15) is 0 Å². The molecule has 0 bridgehead atoms. The summed E-state index contributed by atoms with van der Waals surface area (Å²) in [5.41, 5.74) is 0.701. The van der Waals surface area contributed by atoms with Gasteiger partial charge in [0.15, 0.2) is 9.84 Å². The third-order valence-corrected chi connectivity index (χ3v) is 5.06. The van der Waals surface area contributed by atoms with Crippen molar-refractivity contribution >= 4 is 15.7 Å². The van der Waals surface area contributed by atoms with Crippen LogP contribution in [0.5, 0.6) is 0 Å². The third-order valence-electron chi connectivity index (χ3n) is 3.24. The van der Waals surface area contributed by atoms with Gasteiger partial charge in [-0.15, -0.1) is 0 Å². The van der Waals surface area contributed by atoms with Gasteiger partial charge in [-0.25, -0.2) is 8.42 Å². The maximum absolute atomic E-state index is 12.0. The quantitative estimate of drug-likeness (QED) is 0.849. The average molecular weight is 282 g/mol. The number of carbonyl (C=O) groups is 1. The SMILES string of the molecule is CNCCC(=O)NC1CCS(=O)(=O)c2ccccc21. The summed E-state index contributed by atoms with van der Waals surface area (Å²) in [6.45, 7) is 0.610. The van der Waals surface area contributed by atoms with Gasteiger partial charge < -0.3 is 10.6 Å². The highest BCUT2D eigenvalue weighted by Crippen LogP contribution is 2.31. The van der Waals surface area contributed by atoms with Crippen molar-refractivity contribution in [3.63, 3.8) is 0 Å². The standard InChI is InChI=1S/C13H18N2O3S/c1-14-8-6-13(16)15-11-7-9-19(17,18)12-5-3-2-4-10(11)12/h2-5,11,14H,6-9H2,1H3,(H,15,16). The Morgan fingerprint density at radius 1 is 1.37 bits per heavy atom. The van der Waals surface area contributed by atoms with Crippen molar-refractivity contribution < 1.29 is 13.2 Å². The molecular formula is C13H18N2O3S. The number of benzene rings is 1. The number of sulfone groups is 1. The third kappa shape index (κ3) is 3.13. The minimum atomic E-state index is -3.19. The van der Waals surface area contributed by atoms with E-state index < -0.39 is 9.84 Å². The lowest BCUT2D eigenvalue weighted by Gasteiger charge is -2.26. The number of amides is 1. The van der Waals surface area contributed by atoms with E-state index >= 15 is 0 Å². The molecule has 1 aromatic carbocycles. The topological polar surface area (TPSA) is 75.3 Å². The first kappa shape index (κ1) is 14.0. The number of carbonyl (C=O) groups excluding carboxylic acids is 1. The molecule has 1 aromatic rings. The second-order valence-corrected chi connectivity index (χ2v) is 6.70. The molecule has 1 heterocycles. The molecule has 1 unspecified atom stereocenters. The summed E-state index contributed by atoms with van der Waals surface area (Å²) in [5, 5.41) is 5.82. The van der Waals surface area contributed by atoms with Crippen LogP contribution in [0.2, 0.25) is 0 Å². The largest absolute Gasteiger partial charge is 0.349 e. The predicted molar refractivity (Wildman–Crippen MR) is 72.5 cm³/mol. The molecule has 2 N–H and O–H groups in total. The zero-order valence-electron chi connectivity index (χ0n) is 10.8. The first-order valence-electron chi connectivity index (χ1n) is 6.30. The lowest BCUT2D eigenvalue weighted by Crippen LogP contribution is -2.34. The molecule has 0 radical (unpaired) electrons. The Balaban J connectivity index is 2.19. The predicted octanol–water partition coefficient (Wildman–Crippen LogP) is 0.631. The molecule has 1 atom stereocenters. The second kappa shape index (κ2) is 5.71. The van der Waals surface area contributed by atoms with Crippen LogP contribution < -0.4 is 10.6 Å². The molecule has 0 saturated carbocycles.